The molecule has 0 saturated carbocycles. The lowest BCUT2D eigenvalue weighted by atomic mass is 9.84. The summed E-state index contributed by atoms with van der Waals surface area (Å²) in [5.41, 5.74) is 1.79. The molecule has 0 amide bonds. The molecule has 2 heterocycles. The van der Waals surface area contributed by atoms with Crippen LogP contribution in [0.25, 0.3) is 0 Å². The van der Waals surface area contributed by atoms with Crippen molar-refractivity contribution in [2.45, 2.75) is 38.2 Å². The monoisotopic (exact) mass is 433 g/mol. The number of imidazole rings is 1. The predicted molar refractivity (Wildman–Crippen MR) is 119 cm³/mol. The van der Waals surface area contributed by atoms with Crippen molar-refractivity contribution in [3.8, 4) is 0 Å². The van der Waals surface area contributed by atoms with Crippen LogP contribution in [0, 0.1) is 0 Å². The second kappa shape index (κ2) is 8.98. The second-order valence-electron chi connectivity index (χ2n) is 7.87. The molecule has 0 aliphatic carbocycles. The lowest BCUT2D eigenvalue weighted by molar-refractivity contribution is -0.201. The first-order chi connectivity index (χ1) is 15.4. The van der Waals surface area contributed by atoms with Crippen LogP contribution in [-0.4, -0.2) is 37.2 Å². The summed E-state index contributed by atoms with van der Waals surface area (Å²) in [7, 11) is 0. The molecule has 0 bridgehead atoms. The maximum Gasteiger partial charge on any atom is 0.339 e. The summed E-state index contributed by atoms with van der Waals surface area (Å²) in [5.74, 6) is -2.21. The van der Waals surface area contributed by atoms with Gasteiger partial charge in [-0.3, -0.25) is 4.57 Å². The molecule has 0 spiro atoms. The topological polar surface area (TPSA) is 87.8 Å². The number of rotatable bonds is 6. The number of esters is 1. The molecular weight excluding hydrogens is 406 g/mol. The Bertz CT molecular complexity index is 1080. The van der Waals surface area contributed by atoms with Gasteiger partial charge in [-0.1, -0.05) is 60.7 Å². The van der Waals surface area contributed by atoms with Gasteiger partial charge in [-0.2, -0.15) is 0 Å². The van der Waals surface area contributed by atoms with Gasteiger partial charge >= 0.3 is 5.97 Å². The number of ether oxygens (including phenoxy) is 1. The minimum atomic E-state index is -1.57. The molecule has 1 aliphatic heterocycles. The molecule has 2 aromatic carbocycles. The molecule has 0 radical (unpaired) electrons. The molecule has 0 fully saturated rings. The fraction of sp³-hybridized carbons (Fsp3) is 0.280. The summed E-state index contributed by atoms with van der Waals surface area (Å²) in [6.07, 6.45) is 4.94. The van der Waals surface area contributed by atoms with E-state index in [1.165, 1.54) is 6.33 Å². The van der Waals surface area contributed by atoms with Crippen LogP contribution >= 0.6 is 0 Å². The normalized spacial score (nSPS) is 21.2. The van der Waals surface area contributed by atoms with Gasteiger partial charge in [0.25, 0.3) is 0 Å². The standard InChI is InChI=1S/C25H27N3O4/c1-3-32-24(30)22-21(29)16-20(18-10-6-4-7-11-18)28(23(22)19-12-8-5-9-13-19)25(2,31)27-15-14-26-17-27/h4-15,17,20,23,29,31H,3,16H2,1-2H3. The van der Waals surface area contributed by atoms with E-state index in [2.05, 4.69) is 4.98 Å². The van der Waals surface area contributed by atoms with Crippen LogP contribution in [0.3, 0.4) is 0 Å². The van der Waals surface area contributed by atoms with Crippen LogP contribution in [-0.2, 0) is 15.4 Å². The van der Waals surface area contributed by atoms with E-state index in [-0.39, 0.29) is 24.4 Å². The summed E-state index contributed by atoms with van der Waals surface area (Å²) in [4.78, 5) is 19.0. The van der Waals surface area contributed by atoms with Crippen molar-refractivity contribution in [1.82, 2.24) is 14.5 Å². The molecule has 1 aromatic heterocycles. The number of aliphatic hydroxyl groups is 2. The number of aromatic nitrogens is 2. The minimum Gasteiger partial charge on any atom is -0.512 e. The van der Waals surface area contributed by atoms with E-state index in [1.807, 2.05) is 65.6 Å². The first-order valence-corrected chi connectivity index (χ1v) is 10.6. The smallest absolute Gasteiger partial charge is 0.339 e. The number of benzene rings is 2. The van der Waals surface area contributed by atoms with Gasteiger partial charge in [0.2, 0.25) is 5.85 Å². The molecule has 32 heavy (non-hydrogen) atoms. The second-order valence-corrected chi connectivity index (χ2v) is 7.87. The molecule has 3 atom stereocenters. The third-order valence-corrected chi connectivity index (χ3v) is 5.86. The Morgan fingerprint density at radius 3 is 2.31 bits per heavy atom. The number of hydrogen-bond acceptors (Lipinski definition) is 6. The lowest BCUT2D eigenvalue weighted by Crippen LogP contribution is -2.54. The Balaban J connectivity index is 1.97. The van der Waals surface area contributed by atoms with Gasteiger partial charge in [0.05, 0.1) is 24.5 Å². The quantitative estimate of drug-likeness (QED) is 0.570. The number of carbonyl (C=O) groups excluding carboxylic acids is 1. The van der Waals surface area contributed by atoms with E-state index in [9.17, 15) is 15.0 Å². The molecule has 2 N–H and O–H groups in total. The van der Waals surface area contributed by atoms with Crippen LogP contribution < -0.4 is 0 Å². The average molecular weight is 434 g/mol. The lowest BCUT2D eigenvalue weighted by Gasteiger charge is -2.50. The fourth-order valence-electron chi connectivity index (χ4n) is 4.41. The Morgan fingerprint density at radius 2 is 1.75 bits per heavy atom. The van der Waals surface area contributed by atoms with Gasteiger partial charge in [0, 0.05) is 24.9 Å². The van der Waals surface area contributed by atoms with Crippen LogP contribution in [0.4, 0.5) is 0 Å². The number of nitrogens with zero attached hydrogens (tertiary/aromatic N) is 3. The molecule has 7 heteroatoms. The number of hydrogen-bond donors (Lipinski definition) is 2. The van der Waals surface area contributed by atoms with Gasteiger partial charge in [0.1, 0.15) is 5.76 Å². The van der Waals surface area contributed by atoms with Gasteiger partial charge in [-0.15, -0.1) is 0 Å². The molecule has 0 saturated heterocycles. The van der Waals surface area contributed by atoms with Gasteiger partial charge in [-0.25, -0.2) is 14.7 Å². The Hall–Kier alpha value is -3.42. The summed E-state index contributed by atoms with van der Waals surface area (Å²) < 4.78 is 6.90. The third kappa shape index (κ3) is 3.92. The Kier molecular flexibility index (Phi) is 6.12. The molecular formula is C25H27N3O4. The molecule has 4 rings (SSSR count). The molecule has 3 aromatic rings. The highest BCUT2D eigenvalue weighted by Crippen LogP contribution is 2.49. The largest absolute Gasteiger partial charge is 0.512 e. The van der Waals surface area contributed by atoms with Crippen LogP contribution in [0.2, 0.25) is 0 Å². The first-order valence-electron chi connectivity index (χ1n) is 10.6. The molecule has 1 aliphatic rings. The van der Waals surface area contributed by atoms with E-state index >= 15 is 0 Å². The van der Waals surface area contributed by atoms with Crippen molar-refractivity contribution in [3.63, 3.8) is 0 Å². The van der Waals surface area contributed by atoms with Crippen molar-refractivity contribution >= 4 is 5.97 Å². The van der Waals surface area contributed by atoms with E-state index in [4.69, 9.17) is 4.74 Å². The maximum atomic E-state index is 13.0. The SMILES string of the molecule is CCOC(=O)C1=C(O)CC(c2ccccc2)N(C(C)(O)n2ccnc2)C1c1ccccc1. The van der Waals surface area contributed by atoms with Crippen molar-refractivity contribution in [3.05, 3.63) is 102 Å². The van der Waals surface area contributed by atoms with Gasteiger partial charge < -0.3 is 14.9 Å². The van der Waals surface area contributed by atoms with Gasteiger partial charge in [0.15, 0.2) is 0 Å². The van der Waals surface area contributed by atoms with Crippen molar-refractivity contribution < 1.29 is 19.7 Å². The van der Waals surface area contributed by atoms with E-state index < -0.39 is 23.9 Å². The third-order valence-electron chi connectivity index (χ3n) is 5.86. The Labute approximate surface area is 187 Å². The minimum absolute atomic E-state index is 0.0381. The van der Waals surface area contributed by atoms with Crippen LogP contribution in [0.15, 0.2) is 90.7 Å². The molecule has 7 nitrogen and oxygen atoms in total. The zero-order valence-electron chi connectivity index (χ0n) is 18.1. The van der Waals surface area contributed by atoms with Crippen molar-refractivity contribution in [1.29, 1.82) is 0 Å². The van der Waals surface area contributed by atoms with Crippen molar-refractivity contribution in [2.24, 2.45) is 0 Å². The summed E-state index contributed by atoms with van der Waals surface area (Å²) in [6.45, 7) is 3.56. The summed E-state index contributed by atoms with van der Waals surface area (Å²) in [6, 6.07) is 17.8. The summed E-state index contributed by atoms with van der Waals surface area (Å²) in [5, 5.41) is 23.0. The predicted octanol–water partition coefficient (Wildman–Crippen LogP) is 4.07. The molecule has 166 valence electrons. The zero-order chi connectivity index (χ0) is 22.7. The number of aliphatic hydroxyl groups excluding tert-OH is 1. The van der Waals surface area contributed by atoms with E-state index in [0.717, 1.165) is 11.1 Å². The van der Waals surface area contributed by atoms with Crippen LogP contribution in [0.5, 0.6) is 0 Å². The Morgan fingerprint density at radius 1 is 1.12 bits per heavy atom. The highest BCUT2D eigenvalue weighted by atomic mass is 16.5. The van der Waals surface area contributed by atoms with Crippen LogP contribution in [0.1, 0.15) is 43.5 Å². The highest BCUT2D eigenvalue weighted by molar-refractivity contribution is 5.91. The van der Waals surface area contributed by atoms with Gasteiger partial charge in [-0.05, 0) is 25.0 Å². The summed E-state index contributed by atoms with van der Waals surface area (Å²) >= 11 is 0. The fourth-order valence-corrected chi connectivity index (χ4v) is 4.41. The first kappa shape index (κ1) is 21.8. The van der Waals surface area contributed by atoms with Crippen molar-refractivity contribution in [2.75, 3.05) is 6.61 Å². The highest BCUT2D eigenvalue weighted by Gasteiger charge is 2.49. The van der Waals surface area contributed by atoms with E-state index in [1.54, 1.807) is 30.8 Å². The van der Waals surface area contributed by atoms with E-state index in [0.29, 0.717) is 0 Å². The number of carbonyl (C=O) groups is 1. The maximum absolute atomic E-state index is 13.0. The average Bonchev–Trinajstić information content (AvgIpc) is 3.35. The molecule has 3 unspecified atom stereocenters. The zero-order valence-corrected chi connectivity index (χ0v) is 18.1.